The van der Waals surface area contributed by atoms with Crippen LogP contribution in [0.2, 0.25) is 0 Å². The zero-order chi connectivity index (χ0) is 14.1. The van der Waals surface area contributed by atoms with Crippen molar-refractivity contribution in [3.05, 3.63) is 36.0 Å². The molecule has 0 radical (unpaired) electrons. The van der Waals surface area contributed by atoms with Crippen molar-refractivity contribution in [2.45, 2.75) is 12.8 Å². The predicted octanol–water partition coefficient (Wildman–Crippen LogP) is 2.10. The number of carbonyl (C=O) groups is 2. The Bertz CT molecular complexity index is 658. The molecule has 0 unspecified atom stereocenters. The third kappa shape index (κ3) is 2.66. The van der Waals surface area contributed by atoms with Gasteiger partial charge in [0.05, 0.1) is 0 Å². The Balaban J connectivity index is 1.84. The first kappa shape index (κ1) is 12.7. The highest BCUT2D eigenvalue weighted by molar-refractivity contribution is 5.99. The summed E-state index contributed by atoms with van der Waals surface area (Å²) in [6.07, 6.45) is 3.98. The number of carboxylic acids is 1. The van der Waals surface area contributed by atoms with Gasteiger partial charge in [0, 0.05) is 29.2 Å². The van der Waals surface area contributed by atoms with E-state index in [0.717, 1.165) is 23.7 Å². The average Bonchev–Trinajstić information content (AvgIpc) is 3.11. The topological polar surface area (TPSA) is 73.4 Å². The summed E-state index contributed by atoms with van der Waals surface area (Å²) in [6, 6.07) is 7.28. The Morgan fingerprint density at radius 1 is 1.30 bits per heavy atom. The number of hydrogen-bond donors (Lipinski definition) is 2. The quantitative estimate of drug-likeness (QED) is 0.875. The summed E-state index contributed by atoms with van der Waals surface area (Å²) in [5, 5.41) is 9.91. The Morgan fingerprint density at radius 2 is 2.10 bits per heavy atom. The Labute approximate surface area is 116 Å². The van der Waals surface area contributed by atoms with Crippen LogP contribution in [0, 0.1) is 5.92 Å². The maximum absolute atomic E-state index is 12.5. The molecular weight excluding hydrogens is 256 g/mol. The van der Waals surface area contributed by atoms with Crippen LogP contribution < -0.4 is 0 Å². The van der Waals surface area contributed by atoms with Crippen LogP contribution in [-0.4, -0.2) is 40.0 Å². The summed E-state index contributed by atoms with van der Waals surface area (Å²) in [5.74, 6) is -0.710. The van der Waals surface area contributed by atoms with Gasteiger partial charge in [-0.15, -0.1) is 0 Å². The van der Waals surface area contributed by atoms with Crippen molar-refractivity contribution < 1.29 is 14.7 Å². The molecule has 1 saturated carbocycles. The van der Waals surface area contributed by atoms with Gasteiger partial charge >= 0.3 is 5.97 Å². The highest BCUT2D eigenvalue weighted by atomic mass is 16.4. The Morgan fingerprint density at radius 3 is 2.80 bits per heavy atom. The van der Waals surface area contributed by atoms with Crippen LogP contribution in [0.3, 0.4) is 0 Å². The van der Waals surface area contributed by atoms with Crippen LogP contribution in [0.4, 0.5) is 0 Å². The minimum absolute atomic E-state index is 0.206. The zero-order valence-electron chi connectivity index (χ0n) is 11.0. The summed E-state index contributed by atoms with van der Waals surface area (Å²) in [7, 11) is 0. The van der Waals surface area contributed by atoms with Gasteiger partial charge in [0.1, 0.15) is 6.54 Å². The number of aliphatic carboxylic acids is 1. The molecule has 0 bridgehead atoms. The normalized spacial score (nSPS) is 14.4. The average molecular weight is 272 g/mol. The molecule has 1 aliphatic rings. The number of amides is 1. The van der Waals surface area contributed by atoms with Crippen molar-refractivity contribution in [2.75, 3.05) is 13.1 Å². The van der Waals surface area contributed by atoms with E-state index in [4.69, 9.17) is 5.11 Å². The lowest BCUT2D eigenvalue weighted by atomic mass is 10.1. The van der Waals surface area contributed by atoms with E-state index in [2.05, 4.69) is 4.98 Å². The standard InChI is InChI=1S/C15H16N2O3/c18-14(19)9-17(8-10-1-2-10)15(20)12-3-4-13-11(7-12)5-6-16-13/h3-7,10,16H,1-2,8-9H2,(H,18,19). The molecule has 3 rings (SSSR count). The number of carboxylic acid groups (broad SMARTS) is 1. The molecule has 104 valence electrons. The summed E-state index contributed by atoms with van der Waals surface area (Å²) < 4.78 is 0. The van der Waals surface area contributed by atoms with Gasteiger partial charge in [0.15, 0.2) is 0 Å². The van der Waals surface area contributed by atoms with E-state index in [-0.39, 0.29) is 12.5 Å². The van der Waals surface area contributed by atoms with Gasteiger partial charge in [-0.1, -0.05) is 0 Å². The van der Waals surface area contributed by atoms with Crippen LogP contribution in [0.1, 0.15) is 23.2 Å². The van der Waals surface area contributed by atoms with Crippen molar-refractivity contribution in [3.63, 3.8) is 0 Å². The molecule has 2 N–H and O–H groups in total. The molecule has 1 amide bonds. The molecule has 1 heterocycles. The number of fused-ring (bicyclic) bond motifs is 1. The SMILES string of the molecule is O=C(O)CN(CC1CC1)C(=O)c1ccc2[nH]ccc2c1. The van der Waals surface area contributed by atoms with Crippen LogP contribution >= 0.6 is 0 Å². The number of hydrogen-bond acceptors (Lipinski definition) is 2. The number of benzene rings is 1. The molecule has 5 heteroatoms. The van der Waals surface area contributed by atoms with Crippen molar-refractivity contribution in [3.8, 4) is 0 Å². The first-order chi connectivity index (χ1) is 9.63. The van der Waals surface area contributed by atoms with E-state index < -0.39 is 5.97 Å². The fourth-order valence-corrected chi connectivity index (χ4v) is 2.36. The molecule has 0 saturated heterocycles. The highest BCUT2D eigenvalue weighted by Crippen LogP contribution is 2.30. The fourth-order valence-electron chi connectivity index (χ4n) is 2.36. The molecule has 2 aromatic rings. The van der Waals surface area contributed by atoms with Crippen molar-refractivity contribution >= 4 is 22.8 Å². The maximum atomic E-state index is 12.5. The van der Waals surface area contributed by atoms with Crippen LogP contribution in [0.15, 0.2) is 30.5 Å². The second-order valence-corrected chi connectivity index (χ2v) is 5.30. The minimum atomic E-state index is -0.971. The van der Waals surface area contributed by atoms with Crippen LogP contribution in [-0.2, 0) is 4.79 Å². The van der Waals surface area contributed by atoms with E-state index >= 15 is 0 Å². The minimum Gasteiger partial charge on any atom is -0.480 e. The molecule has 1 aromatic heterocycles. The van der Waals surface area contributed by atoms with E-state index in [1.165, 1.54) is 4.90 Å². The third-order valence-electron chi connectivity index (χ3n) is 3.59. The highest BCUT2D eigenvalue weighted by Gasteiger charge is 2.28. The van der Waals surface area contributed by atoms with Crippen LogP contribution in [0.5, 0.6) is 0 Å². The molecule has 0 atom stereocenters. The van der Waals surface area contributed by atoms with Gasteiger partial charge in [0.2, 0.25) is 0 Å². The van der Waals surface area contributed by atoms with Crippen LogP contribution in [0.25, 0.3) is 10.9 Å². The molecule has 5 nitrogen and oxygen atoms in total. The lowest BCUT2D eigenvalue weighted by Crippen LogP contribution is -2.37. The zero-order valence-corrected chi connectivity index (χ0v) is 11.0. The largest absolute Gasteiger partial charge is 0.480 e. The smallest absolute Gasteiger partial charge is 0.323 e. The van der Waals surface area contributed by atoms with E-state index in [1.807, 2.05) is 18.3 Å². The van der Waals surface area contributed by atoms with Gasteiger partial charge < -0.3 is 15.0 Å². The van der Waals surface area contributed by atoms with E-state index in [1.54, 1.807) is 12.1 Å². The summed E-state index contributed by atoms with van der Waals surface area (Å²) in [5.41, 5.74) is 1.51. The number of aromatic nitrogens is 1. The van der Waals surface area contributed by atoms with Gasteiger partial charge in [0.25, 0.3) is 5.91 Å². The number of aromatic amines is 1. The monoisotopic (exact) mass is 272 g/mol. The lowest BCUT2D eigenvalue weighted by molar-refractivity contribution is -0.137. The van der Waals surface area contributed by atoms with Crippen molar-refractivity contribution in [2.24, 2.45) is 5.92 Å². The second kappa shape index (κ2) is 5.00. The van der Waals surface area contributed by atoms with Gasteiger partial charge in [-0.2, -0.15) is 0 Å². The first-order valence-corrected chi connectivity index (χ1v) is 6.71. The molecule has 1 fully saturated rings. The fraction of sp³-hybridized carbons (Fsp3) is 0.333. The van der Waals surface area contributed by atoms with Gasteiger partial charge in [-0.3, -0.25) is 9.59 Å². The number of nitrogens with one attached hydrogen (secondary N) is 1. The van der Waals surface area contributed by atoms with Crippen molar-refractivity contribution in [1.82, 2.24) is 9.88 Å². The number of carbonyl (C=O) groups excluding carboxylic acids is 1. The number of nitrogens with zero attached hydrogens (tertiary/aromatic N) is 1. The Kier molecular flexibility index (Phi) is 3.18. The number of H-pyrrole nitrogens is 1. The molecule has 1 aromatic carbocycles. The van der Waals surface area contributed by atoms with Gasteiger partial charge in [-0.05, 0) is 43.0 Å². The van der Waals surface area contributed by atoms with E-state index in [0.29, 0.717) is 18.0 Å². The van der Waals surface area contributed by atoms with E-state index in [9.17, 15) is 9.59 Å². The third-order valence-corrected chi connectivity index (χ3v) is 3.59. The molecule has 20 heavy (non-hydrogen) atoms. The summed E-state index contributed by atoms with van der Waals surface area (Å²) in [6.45, 7) is 0.302. The summed E-state index contributed by atoms with van der Waals surface area (Å²) >= 11 is 0. The molecule has 0 aliphatic heterocycles. The molecule has 0 spiro atoms. The second-order valence-electron chi connectivity index (χ2n) is 5.30. The maximum Gasteiger partial charge on any atom is 0.323 e. The Hall–Kier alpha value is -2.30. The number of rotatable bonds is 5. The lowest BCUT2D eigenvalue weighted by Gasteiger charge is -2.20. The summed E-state index contributed by atoms with van der Waals surface area (Å²) in [4.78, 5) is 27.9. The molecule has 1 aliphatic carbocycles. The first-order valence-electron chi connectivity index (χ1n) is 6.71. The molecular formula is C15H16N2O3. The van der Waals surface area contributed by atoms with Crippen molar-refractivity contribution in [1.29, 1.82) is 0 Å². The van der Waals surface area contributed by atoms with Gasteiger partial charge in [-0.25, -0.2) is 0 Å². The predicted molar refractivity (Wildman–Crippen MR) is 74.6 cm³/mol.